The molecule has 1 heteroatoms. The molecule has 72 valence electrons. The monoisotopic (exact) mass is 186 g/mol. The van der Waals surface area contributed by atoms with Gasteiger partial charge in [0.25, 0.3) is 0 Å². The summed E-state index contributed by atoms with van der Waals surface area (Å²) in [5, 5.41) is 12.2. The molecule has 1 N–H and O–H groups in total. The lowest BCUT2D eigenvalue weighted by Gasteiger charge is -2.18. The van der Waals surface area contributed by atoms with Crippen LogP contribution in [0.2, 0.25) is 0 Å². The van der Waals surface area contributed by atoms with Crippen LogP contribution in [-0.4, -0.2) is 5.11 Å². The second-order valence-corrected chi connectivity index (χ2v) is 4.12. The van der Waals surface area contributed by atoms with Crippen LogP contribution in [0.25, 0.3) is 10.8 Å². The Morgan fingerprint density at radius 3 is 2.21 bits per heavy atom. The van der Waals surface area contributed by atoms with Crippen molar-refractivity contribution in [3.63, 3.8) is 0 Å². The van der Waals surface area contributed by atoms with Gasteiger partial charge in [-0.15, -0.1) is 0 Å². The van der Waals surface area contributed by atoms with Crippen molar-refractivity contribution in [3.8, 4) is 0 Å². The highest BCUT2D eigenvalue weighted by atomic mass is 16.3. The summed E-state index contributed by atoms with van der Waals surface area (Å²) in [5.41, 5.74) is 0.195. The predicted molar refractivity (Wildman–Crippen MR) is 59.2 cm³/mol. The van der Waals surface area contributed by atoms with Crippen LogP contribution in [0.4, 0.5) is 0 Å². The van der Waals surface area contributed by atoms with Crippen LogP contribution in [0.1, 0.15) is 19.4 Å². The number of hydrogen-bond acceptors (Lipinski definition) is 1. The van der Waals surface area contributed by atoms with Crippen molar-refractivity contribution in [3.05, 3.63) is 48.0 Å². The summed E-state index contributed by atoms with van der Waals surface area (Å²) in [4.78, 5) is 0. The fourth-order valence-electron chi connectivity index (χ4n) is 1.57. The molecule has 1 nitrogen and oxygen atoms in total. The van der Waals surface area contributed by atoms with Gasteiger partial charge in [0, 0.05) is 0 Å². The van der Waals surface area contributed by atoms with E-state index in [1.165, 1.54) is 10.8 Å². The molecule has 0 atom stereocenters. The molecule has 0 amide bonds. The molecule has 2 rings (SSSR count). The lowest BCUT2D eigenvalue weighted by atomic mass is 9.96. The molecular weight excluding hydrogens is 172 g/mol. The third-order valence-corrected chi connectivity index (χ3v) is 2.46. The van der Waals surface area contributed by atoms with Crippen LogP contribution in [0.15, 0.2) is 42.5 Å². The zero-order valence-corrected chi connectivity index (χ0v) is 8.49. The number of hydrogen-bond donors (Lipinski definition) is 1. The quantitative estimate of drug-likeness (QED) is 0.725. The molecular formula is C13H14O. The first-order valence-electron chi connectivity index (χ1n) is 4.79. The van der Waals surface area contributed by atoms with E-state index >= 15 is 0 Å². The van der Waals surface area contributed by atoms with Gasteiger partial charge in [-0.25, -0.2) is 0 Å². The molecule has 0 aromatic heterocycles. The van der Waals surface area contributed by atoms with E-state index < -0.39 is 5.60 Å². The second-order valence-electron chi connectivity index (χ2n) is 4.12. The molecule has 0 fully saturated rings. The first kappa shape index (κ1) is 9.22. The normalized spacial score (nSPS) is 11.9. The third kappa shape index (κ3) is 1.64. The van der Waals surface area contributed by atoms with Crippen LogP contribution < -0.4 is 0 Å². The maximum absolute atomic E-state index is 9.85. The summed E-state index contributed by atoms with van der Waals surface area (Å²) < 4.78 is 0. The molecule has 2 aromatic rings. The predicted octanol–water partition coefficient (Wildman–Crippen LogP) is 3.07. The van der Waals surface area contributed by atoms with E-state index in [2.05, 4.69) is 12.1 Å². The van der Waals surface area contributed by atoms with Crippen LogP contribution in [-0.2, 0) is 5.60 Å². The van der Waals surface area contributed by atoms with Crippen molar-refractivity contribution >= 4 is 10.8 Å². The maximum Gasteiger partial charge on any atom is 0.0840 e. The first-order valence-corrected chi connectivity index (χ1v) is 4.79. The van der Waals surface area contributed by atoms with Gasteiger partial charge in [0.2, 0.25) is 0 Å². The van der Waals surface area contributed by atoms with Gasteiger partial charge in [-0.05, 0) is 36.2 Å². The van der Waals surface area contributed by atoms with Gasteiger partial charge in [0.1, 0.15) is 0 Å². The van der Waals surface area contributed by atoms with Crippen LogP contribution in [0, 0.1) is 0 Å². The number of aliphatic hydroxyl groups is 1. The van der Waals surface area contributed by atoms with Gasteiger partial charge in [-0.2, -0.15) is 0 Å². The van der Waals surface area contributed by atoms with Gasteiger partial charge < -0.3 is 5.11 Å². The van der Waals surface area contributed by atoms with Crippen LogP contribution in [0.5, 0.6) is 0 Å². The van der Waals surface area contributed by atoms with E-state index in [-0.39, 0.29) is 0 Å². The van der Waals surface area contributed by atoms with Gasteiger partial charge in [0.15, 0.2) is 0 Å². The maximum atomic E-state index is 9.85. The molecule has 0 aliphatic rings. The topological polar surface area (TPSA) is 20.2 Å². The van der Waals surface area contributed by atoms with Crippen molar-refractivity contribution in [2.24, 2.45) is 0 Å². The highest BCUT2D eigenvalue weighted by Gasteiger charge is 2.15. The summed E-state index contributed by atoms with van der Waals surface area (Å²) >= 11 is 0. The standard InChI is InChI=1S/C13H14O/c1-13(2,14)12-8-7-10-5-3-4-6-11(10)9-12/h3-9,14H,1-2H3. The lowest BCUT2D eigenvalue weighted by Crippen LogP contribution is -2.14. The Morgan fingerprint density at radius 2 is 1.57 bits per heavy atom. The van der Waals surface area contributed by atoms with Crippen molar-refractivity contribution in [2.75, 3.05) is 0 Å². The largest absolute Gasteiger partial charge is 0.386 e. The van der Waals surface area contributed by atoms with Crippen molar-refractivity contribution < 1.29 is 5.11 Å². The van der Waals surface area contributed by atoms with Gasteiger partial charge in [0.05, 0.1) is 5.60 Å². The Labute approximate surface area is 84.0 Å². The Bertz CT molecular complexity index is 452. The van der Waals surface area contributed by atoms with E-state index in [0.29, 0.717) is 0 Å². The van der Waals surface area contributed by atoms with E-state index in [1.807, 2.05) is 30.3 Å². The highest BCUT2D eigenvalue weighted by Crippen LogP contribution is 2.23. The zero-order chi connectivity index (χ0) is 10.2. The third-order valence-electron chi connectivity index (χ3n) is 2.46. The van der Waals surface area contributed by atoms with Crippen molar-refractivity contribution in [1.82, 2.24) is 0 Å². The summed E-state index contributed by atoms with van der Waals surface area (Å²) in [6, 6.07) is 14.2. The van der Waals surface area contributed by atoms with E-state index in [9.17, 15) is 5.11 Å². The fraction of sp³-hybridized carbons (Fsp3) is 0.231. The molecule has 0 saturated heterocycles. The first-order chi connectivity index (χ1) is 6.57. The summed E-state index contributed by atoms with van der Waals surface area (Å²) in [7, 11) is 0. The smallest absolute Gasteiger partial charge is 0.0840 e. The van der Waals surface area contributed by atoms with Crippen molar-refractivity contribution in [2.45, 2.75) is 19.4 Å². The van der Waals surface area contributed by atoms with Crippen LogP contribution in [0.3, 0.4) is 0 Å². The average Bonchev–Trinajstić information content (AvgIpc) is 2.16. The molecule has 2 aromatic carbocycles. The summed E-state index contributed by atoms with van der Waals surface area (Å²) in [6.45, 7) is 3.61. The molecule has 14 heavy (non-hydrogen) atoms. The Balaban J connectivity index is 2.63. The molecule has 0 unspecified atom stereocenters. The van der Waals surface area contributed by atoms with E-state index in [1.54, 1.807) is 13.8 Å². The van der Waals surface area contributed by atoms with Gasteiger partial charge >= 0.3 is 0 Å². The molecule has 0 aliphatic heterocycles. The molecule has 0 bridgehead atoms. The average molecular weight is 186 g/mol. The summed E-state index contributed by atoms with van der Waals surface area (Å²) in [6.07, 6.45) is 0. The van der Waals surface area contributed by atoms with E-state index in [4.69, 9.17) is 0 Å². The minimum Gasteiger partial charge on any atom is -0.386 e. The van der Waals surface area contributed by atoms with Gasteiger partial charge in [-0.1, -0.05) is 36.4 Å². The SMILES string of the molecule is CC(C)(O)c1ccc2ccccc2c1. The summed E-state index contributed by atoms with van der Waals surface area (Å²) in [5.74, 6) is 0. The zero-order valence-electron chi connectivity index (χ0n) is 8.49. The minimum atomic E-state index is -0.760. The minimum absolute atomic E-state index is 0.760. The number of rotatable bonds is 1. The molecule has 0 heterocycles. The Kier molecular flexibility index (Phi) is 2.05. The highest BCUT2D eigenvalue weighted by molar-refractivity contribution is 5.83. The second kappa shape index (κ2) is 3.10. The fourth-order valence-corrected chi connectivity index (χ4v) is 1.57. The Morgan fingerprint density at radius 1 is 0.929 bits per heavy atom. The molecule has 0 saturated carbocycles. The van der Waals surface area contributed by atoms with Crippen molar-refractivity contribution in [1.29, 1.82) is 0 Å². The number of benzene rings is 2. The molecule has 0 aliphatic carbocycles. The Hall–Kier alpha value is -1.34. The lowest BCUT2D eigenvalue weighted by molar-refractivity contribution is 0.0787. The van der Waals surface area contributed by atoms with E-state index in [0.717, 1.165) is 5.56 Å². The number of fused-ring (bicyclic) bond motifs is 1. The molecule has 0 spiro atoms. The molecule has 0 radical (unpaired) electrons. The van der Waals surface area contributed by atoms with Gasteiger partial charge in [-0.3, -0.25) is 0 Å². The van der Waals surface area contributed by atoms with Crippen LogP contribution >= 0.6 is 0 Å².